The summed E-state index contributed by atoms with van der Waals surface area (Å²) in [5, 5.41) is 3.19. The first-order valence-electron chi connectivity index (χ1n) is 6.89. The number of aromatic amines is 1. The highest BCUT2D eigenvalue weighted by molar-refractivity contribution is 7.89. The summed E-state index contributed by atoms with van der Waals surface area (Å²) in [5.41, 5.74) is 0. The normalized spacial score (nSPS) is 18.4. The van der Waals surface area contributed by atoms with Crippen LogP contribution < -0.4 is 10.3 Å². The lowest BCUT2D eigenvalue weighted by atomic mass is 10.3. The van der Waals surface area contributed by atoms with Crippen LogP contribution in [0.5, 0.6) is 0 Å². The Morgan fingerprint density at radius 3 is 2.71 bits per heavy atom. The van der Waals surface area contributed by atoms with Crippen molar-refractivity contribution in [1.82, 2.24) is 4.31 Å². The van der Waals surface area contributed by atoms with Crippen LogP contribution in [0.15, 0.2) is 23.2 Å². The summed E-state index contributed by atoms with van der Waals surface area (Å²) >= 11 is 0. The molecule has 2 rings (SSSR count). The van der Waals surface area contributed by atoms with Gasteiger partial charge in [0.1, 0.15) is 17.1 Å². The predicted octanol–water partition coefficient (Wildman–Crippen LogP) is -0.0316. The predicted molar refractivity (Wildman–Crippen MR) is 77.5 cm³/mol. The third-order valence-electron chi connectivity index (χ3n) is 3.21. The molecule has 1 aromatic rings. The lowest BCUT2D eigenvalue weighted by molar-refractivity contribution is -0.364. The molecule has 118 valence electrons. The molecule has 1 atom stereocenters. The molecule has 1 saturated heterocycles. The highest BCUT2D eigenvalue weighted by atomic mass is 32.2. The standard InChI is InChI=1S/C13H21N3O4S/c1-11(10-19-2)15-13-4-3-12(9-14-13)21(17,18)16-5-7-20-8-6-16/h3-4,9,11H,5-8,10H2,1-2H3,(H,14,15)/p+1/t11-/m0/s1. The van der Waals surface area contributed by atoms with E-state index in [-0.39, 0.29) is 10.9 Å². The second-order valence-corrected chi connectivity index (χ2v) is 6.89. The second-order valence-electron chi connectivity index (χ2n) is 4.96. The van der Waals surface area contributed by atoms with Gasteiger partial charge in [-0.15, -0.1) is 0 Å². The van der Waals surface area contributed by atoms with Crippen LogP contribution in [-0.4, -0.2) is 58.8 Å². The Kier molecular flexibility index (Phi) is 5.51. The van der Waals surface area contributed by atoms with Crippen molar-refractivity contribution >= 4 is 15.8 Å². The number of aromatic nitrogens is 1. The van der Waals surface area contributed by atoms with Gasteiger partial charge >= 0.3 is 0 Å². The summed E-state index contributed by atoms with van der Waals surface area (Å²) in [6, 6.07) is 3.45. The van der Waals surface area contributed by atoms with E-state index in [1.807, 2.05) is 6.92 Å². The van der Waals surface area contributed by atoms with Gasteiger partial charge in [-0.2, -0.15) is 4.31 Å². The number of ether oxygens (including phenoxy) is 2. The Morgan fingerprint density at radius 2 is 2.14 bits per heavy atom. The van der Waals surface area contributed by atoms with E-state index >= 15 is 0 Å². The quantitative estimate of drug-likeness (QED) is 0.797. The molecule has 0 aliphatic carbocycles. The Labute approximate surface area is 125 Å². The van der Waals surface area contributed by atoms with Gasteiger partial charge in [0.2, 0.25) is 10.0 Å². The van der Waals surface area contributed by atoms with Gasteiger partial charge in [0.05, 0.1) is 19.8 Å². The van der Waals surface area contributed by atoms with E-state index in [1.54, 1.807) is 19.2 Å². The van der Waals surface area contributed by atoms with Crippen LogP contribution in [0.1, 0.15) is 6.92 Å². The van der Waals surface area contributed by atoms with Gasteiger partial charge in [0, 0.05) is 26.3 Å². The van der Waals surface area contributed by atoms with Crippen LogP contribution >= 0.6 is 0 Å². The van der Waals surface area contributed by atoms with Crippen molar-refractivity contribution in [3.05, 3.63) is 18.3 Å². The molecule has 7 nitrogen and oxygen atoms in total. The van der Waals surface area contributed by atoms with Crippen LogP contribution in [-0.2, 0) is 19.5 Å². The number of nitrogens with zero attached hydrogens (tertiary/aromatic N) is 1. The SMILES string of the molecule is COC[C@H](C)Nc1ccc(S(=O)(=O)N2CCOCC2)c[nH+]1. The molecular formula is C13H22N3O4S+. The minimum absolute atomic E-state index is 0.132. The zero-order chi connectivity index (χ0) is 15.3. The lowest BCUT2D eigenvalue weighted by Crippen LogP contribution is -2.40. The fourth-order valence-corrected chi connectivity index (χ4v) is 3.53. The van der Waals surface area contributed by atoms with Crippen molar-refractivity contribution < 1.29 is 22.9 Å². The van der Waals surface area contributed by atoms with Gasteiger partial charge in [0.25, 0.3) is 5.82 Å². The molecule has 0 saturated carbocycles. The maximum absolute atomic E-state index is 12.4. The molecule has 8 heteroatoms. The third kappa shape index (κ3) is 4.13. The number of morpholine rings is 1. The summed E-state index contributed by atoms with van der Waals surface area (Å²) in [5.74, 6) is 0.750. The van der Waals surface area contributed by atoms with Crippen molar-refractivity contribution in [3.63, 3.8) is 0 Å². The molecule has 1 aliphatic heterocycles. The number of hydrogen-bond acceptors (Lipinski definition) is 5. The molecule has 21 heavy (non-hydrogen) atoms. The number of rotatable bonds is 6. The van der Waals surface area contributed by atoms with E-state index in [2.05, 4.69) is 10.3 Å². The van der Waals surface area contributed by atoms with Crippen LogP contribution in [0, 0.1) is 0 Å². The maximum atomic E-state index is 12.4. The van der Waals surface area contributed by atoms with Crippen LogP contribution in [0.4, 0.5) is 5.82 Å². The molecular weight excluding hydrogens is 294 g/mol. The van der Waals surface area contributed by atoms with Gasteiger partial charge in [-0.05, 0) is 13.0 Å². The molecule has 2 heterocycles. The minimum Gasteiger partial charge on any atom is -0.380 e. The molecule has 2 N–H and O–H groups in total. The first kappa shape index (κ1) is 16.2. The number of sulfonamides is 1. The van der Waals surface area contributed by atoms with Gasteiger partial charge < -0.3 is 9.47 Å². The topological polar surface area (TPSA) is 82.0 Å². The molecule has 0 unspecified atom stereocenters. The number of pyridine rings is 1. The Balaban J connectivity index is 2.07. The van der Waals surface area contributed by atoms with E-state index in [4.69, 9.17) is 9.47 Å². The van der Waals surface area contributed by atoms with Crippen LogP contribution in [0.25, 0.3) is 0 Å². The monoisotopic (exact) mass is 316 g/mol. The second kappa shape index (κ2) is 7.17. The number of H-pyrrole nitrogens is 1. The summed E-state index contributed by atoms with van der Waals surface area (Å²) in [4.78, 5) is 3.23. The number of methoxy groups -OCH3 is 1. The average molecular weight is 316 g/mol. The third-order valence-corrected chi connectivity index (χ3v) is 5.11. The van der Waals surface area contributed by atoms with Gasteiger partial charge in [-0.25, -0.2) is 13.4 Å². The van der Waals surface area contributed by atoms with E-state index < -0.39 is 10.0 Å². The van der Waals surface area contributed by atoms with E-state index in [0.717, 1.165) is 5.82 Å². The highest BCUT2D eigenvalue weighted by Crippen LogP contribution is 2.16. The summed E-state index contributed by atoms with van der Waals surface area (Å²) in [6.45, 7) is 4.23. The molecule has 1 aromatic heterocycles. The molecule has 0 amide bonds. The van der Waals surface area contributed by atoms with Crippen molar-refractivity contribution in [2.75, 3.05) is 45.3 Å². The molecule has 0 bridgehead atoms. The van der Waals surface area contributed by atoms with Crippen molar-refractivity contribution in [2.24, 2.45) is 0 Å². The van der Waals surface area contributed by atoms with E-state index in [1.165, 1.54) is 10.5 Å². The fraction of sp³-hybridized carbons (Fsp3) is 0.615. The molecule has 0 radical (unpaired) electrons. The van der Waals surface area contributed by atoms with E-state index in [9.17, 15) is 8.42 Å². The number of nitrogens with one attached hydrogen (secondary N) is 2. The zero-order valence-electron chi connectivity index (χ0n) is 12.3. The summed E-state index contributed by atoms with van der Waals surface area (Å²) < 4.78 is 36.5. The van der Waals surface area contributed by atoms with Crippen LogP contribution in [0.3, 0.4) is 0 Å². The minimum atomic E-state index is -3.45. The first-order valence-corrected chi connectivity index (χ1v) is 8.33. The van der Waals surface area contributed by atoms with Crippen molar-refractivity contribution in [1.29, 1.82) is 0 Å². The maximum Gasteiger partial charge on any atom is 0.272 e. The average Bonchev–Trinajstić information content (AvgIpc) is 2.49. The molecule has 1 aliphatic rings. The van der Waals surface area contributed by atoms with Crippen LogP contribution in [0.2, 0.25) is 0 Å². The lowest BCUT2D eigenvalue weighted by Gasteiger charge is -2.25. The Morgan fingerprint density at radius 1 is 1.43 bits per heavy atom. The summed E-state index contributed by atoms with van der Waals surface area (Å²) in [7, 11) is -1.81. The van der Waals surface area contributed by atoms with Gasteiger partial charge in [0.15, 0.2) is 0 Å². The van der Waals surface area contributed by atoms with E-state index in [0.29, 0.717) is 32.9 Å². The Hall–Kier alpha value is -1.22. The zero-order valence-corrected chi connectivity index (χ0v) is 13.1. The molecule has 0 spiro atoms. The fourth-order valence-electron chi connectivity index (χ4n) is 2.15. The van der Waals surface area contributed by atoms with Gasteiger partial charge in [-0.3, -0.25) is 5.32 Å². The van der Waals surface area contributed by atoms with Crippen molar-refractivity contribution in [2.45, 2.75) is 17.9 Å². The largest absolute Gasteiger partial charge is 0.380 e. The Bertz CT molecular complexity index is 541. The highest BCUT2D eigenvalue weighted by Gasteiger charge is 2.27. The number of hydrogen-bond donors (Lipinski definition) is 1. The smallest absolute Gasteiger partial charge is 0.272 e. The summed E-state index contributed by atoms with van der Waals surface area (Å²) in [6.07, 6.45) is 1.51. The van der Waals surface area contributed by atoms with Crippen molar-refractivity contribution in [3.8, 4) is 0 Å². The molecule has 0 aromatic carbocycles. The number of anilines is 1. The molecule has 1 fully saturated rings. The first-order chi connectivity index (χ1) is 10.0. The van der Waals surface area contributed by atoms with Gasteiger partial charge in [-0.1, -0.05) is 0 Å².